The Morgan fingerprint density at radius 3 is 2.16 bits per heavy atom. The number of nitrogens with one attached hydrogen (secondary N) is 2. The molecule has 1 heterocycles. The van der Waals surface area contributed by atoms with Gasteiger partial charge in [0.25, 0.3) is 5.84 Å². The predicted molar refractivity (Wildman–Crippen MR) is 113 cm³/mol. The zero-order chi connectivity index (χ0) is 23.9. The summed E-state index contributed by atoms with van der Waals surface area (Å²) >= 11 is 12.3. The molecular weight excluding hydrogens is 482 g/mol. The SMILES string of the molecule is CS(=O)C1=CN[N+](C(N)=NOC(=O)C(C)(C)C)(c2c(Cl)cc(C(F)(F)F)cc2Cl)C1=N. The van der Waals surface area contributed by atoms with Gasteiger partial charge in [-0.25, -0.2) is 15.6 Å². The number of alkyl halides is 3. The number of quaternary nitrogens is 1. The molecule has 0 amide bonds. The molecule has 1 aromatic rings. The second-order valence-electron chi connectivity index (χ2n) is 7.48. The minimum Gasteiger partial charge on any atom is -0.332 e. The van der Waals surface area contributed by atoms with Crippen LogP contribution in [-0.4, -0.2) is 28.2 Å². The van der Waals surface area contributed by atoms with Crippen molar-refractivity contribution in [2.75, 3.05) is 6.26 Å². The van der Waals surface area contributed by atoms with Crippen LogP contribution in [0.1, 0.15) is 26.3 Å². The van der Waals surface area contributed by atoms with Crippen molar-refractivity contribution in [1.82, 2.24) is 10.0 Å². The lowest BCUT2D eigenvalue weighted by Gasteiger charge is -2.31. The number of oxime groups is 1. The number of amidine groups is 1. The van der Waals surface area contributed by atoms with Crippen molar-refractivity contribution in [2.24, 2.45) is 16.3 Å². The largest absolute Gasteiger partial charge is 0.416 e. The fourth-order valence-electron chi connectivity index (χ4n) is 2.48. The quantitative estimate of drug-likeness (QED) is 0.191. The number of hydrogen-bond donors (Lipinski definition) is 3. The minimum absolute atomic E-state index is 0.0488. The summed E-state index contributed by atoms with van der Waals surface area (Å²) in [5.41, 5.74) is 6.28. The molecule has 2 rings (SSSR count). The molecule has 31 heavy (non-hydrogen) atoms. The van der Waals surface area contributed by atoms with Crippen LogP contribution in [0.3, 0.4) is 0 Å². The zero-order valence-electron chi connectivity index (χ0n) is 16.7. The van der Waals surface area contributed by atoms with Gasteiger partial charge in [0.15, 0.2) is 0 Å². The lowest BCUT2D eigenvalue weighted by molar-refractivity contribution is -0.153. The van der Waals surface area contributed by atoms with Crippen LogP contribution in [0, 0.1) is 10.8 Å². The van der Waals surface area contributed by atoms with E-state index in [1.165, 1.54) is 6.26 Å². The molecule has 0 aromatic heterocycles. The Balaban J connectivity index is 2.71. The van der Waals surface area contributed by atoms with Crippen molar-refractivity contribution < 1.29 is 27.0 Å². The average Bonchev–Trinajstić information content (AvgIpc) is 2.95. The highest BCUT2D eigenvalue weighted by atomic mass is 35.5. The first-order valence-electron chi connectivity index (χ1n) is 8.45. The van der Waals surface area contributed by atoms with E-state index in [9.17, 15) is 22.2 Å². The summed E-state index contributed by atoms with van der Waals surface area (Å²) in [5, 5.41) is 11.0. The van der Waals surface area contributed by atoms with E-state index in [-0.39, 0.29) is 10.6 Å². The number of hydrogen-bond acceptors (Lipinski definition) is 6. The number of rotatable bonds is 3. The van der Waals surface area contributed by atoms with E-state index in [0.717, 1.165) is 6.20 Å². The second-order valence-corrected chi connectivity index (χ2v) is 9.64. The number of nitrogens with two attached hydrogens (primary N) is 1. The third kappa shape index (κ3) is 4.71. The second kappa shape index (κ2) is 8.41. The van der Waals surface area contributed by atoms with Gasteiger partial charge in [-0.2, -0.15) is 13.2 Å². The first-order chi connectivity index (χ1) is 14.0. The molecule has 14 heteroatoms. The molecule has 1 aromatic carbocycles. The summed E-state index contributed by atoms with van der Waals surface area (Å²) in [5.74, 6) is -1.86. The Morgan fingerprint density at radius 1 is 1.26 bits per heavy atom. The van der Waals surface area contributed by atoms with E-state index in [1.54, 1.807) is 20.8 Å². The number of nitrogens with zero attached hydrogens (tertiary/aromatic N) is 2. The fourth-order valence-corrected chi connectivity index (χ4v) is 3.85. The zero-order valence-corrected chi connectivity index (χ0v) is 19.1. The lowest BCUT2D eigenvalue weighted by atomic mass is 9.98. The average molecular weight is 501 g/mol. The van der Waals surface area contributed by atoms with Crippen molar-refractivity contribution in [2.45, 2.75) is 26.9 Å². The van der Waals surface area contributed by atoms with Gasteiger partial charge in [-0.15, -0.1) is 0 Å². The number of carbonyl (C=O) groups is 1. The number of guanidine groups is 1. The fraction of sp³-hybridized carbons (Fsp3) is 0.353. The Hall–Kier alpha value is -2.15. The summed E-state index contributed by atoms with van der Waals surface area (Å²) in [4.78, 5) is 16.8. The predicted octanol–water partition coefficient (Wildman–Crippen LogP) is 3.85. The van der Waals surface area contributed by atoms with E-state index < -0.39 is 60.4 Å². The van der Waals surface area contributed by atoms with Crippen LogP contribution in [0.4, 0.5) is 18.9 Å². The maximum absolute atomic E-state index is 13.1. The van der Waals surface area contributed by atoms with Crippen molar-refractivity contribution in [3.05, 3.63) is 38.8 Å². The molecule has 1 aliphatic rings. The summed E-state index contributed by atoms with van der Waals surface area (Å²) in [7, 11) is -1.69. The van der Waals surface area contributed by atoms with Gasteiger partial charge in [-0.1, -0.05) is 27.8 Å². The minimum atomic E-state index is -4.74. The van der Waals surface area contributed by atoms with Gasteiger partial charge < -0.3 is 10.6 Å². The molecule has 0 fully saturated rings. The van der Waals surface area contributed by atoms with Gasteiger partial charge in [0.2, 0.25) is 5.69 Å². The standard InChI is InChI=1S/C17H19Cl2F3N5O3S/c1-16(2,3)14(28)30-26-15(24)27(13(23)11(7-25-27)31(4)29)12-9(18)5-8(6-10(12)19)17(20,21)22/h5-7,23,25H,1-4H3,(H2,24,26)/q+1. The first kappa shape index (κ1) is 25.1. The molecule has 0 saturated carbocycles. The van der Waals surface area contributed by atoms with Crippen molar-refractivity contribution in [1.29, 1.82) is 5.41 Å². The van der Waals surface area contributed by atoms with Gasteiger partial charge in [-0.3, -0.25) is 4.21 Å². The first-order valence-corrected chi connectivity index (χ1v) is 10.8. The van der Waals surface area contributed by atoms with Gasteiger partial charge in [0.1, 0.15) is 15.0 Å². The molecule has 8 nitrogen and oxygen atoms in total. The highest BCUT2D eigenvalue weighted by Crippen LogP contribution is 2.44. The molecule has 2 atom stereocenters. The number of carbonyl (C=O) groups excluding carboxylic acids is 1. The Morgan fingerprint density at radius 2 is 1.77 bits per heavy atom. The molecule has 4 N–H and O–H groups in total. The van der Waals surface area contributed by atoms with Gasteiger partial charge in [0, 0.05) is 11.4 Å². The van der Waals surface area contributed by atoms with Crippen molar-refractivity contribution in [3.63, 3.8) is 0 Å². The van der Waals surface area contributed by atoms with E-state index >= 15 is 0 Å². The van der Waals surface area contributed by atoms with Crippen LogP contribution in [-0.2, 0) is 26.6 Å². The maximum Gasteiger partial charge on any atom is 0.416 e. The molecular formula is C17H19Cl2F3N5O3S+. The van der Waals surface area contributed by atoms with Crippen LogP contribution in [0.2, 0.25) is 10.0 Å². The molecule has 1 aliphatic heterocycles. The molecule has 2 unspecified atom stereocenters. The van der Waals surface area contributed by atoms with E-state index in [1.807, 2.05) is 0 Å². The van der Waals surface area contributed by atoms with Crippen LogP contribution in [0.5, 0.6) is 0 Å². The molecule has 0 saturated heterocycles. The number of halogens is 5. The number of benzene rings is 1. The Bertz CT molecular complexity index is 1010. The monoisotopic (exact) mass is 500 g/mol. The smallest absolute Gasteiger partial charge is 0.332 e. The normalized spacial score (nSPS) is 20.9. The van der Waals surface area contributed by atoms with Gasteiger partial charge in [0.05, 0.1) is 28.0 Å². The highest BCUT2D eigenvalue weighted by molar-refractivity contribution is 7.89. The van der Waals surface area contributed by atoms with Crippen LogP contribution < -0.4 is 15.8 Å². The summed E-state index contributed by atoms with van der Waals surface area (Å²) in [6.45, 7) is 4.68. The molecule has 0 radical (unpaired) electrons. The molecule has 170 valence electrons. The van der Waals surface area contributed by atoms with Crippen molar-refractivity contribution in [3.8, 4) is 0 Å². The van der Waals surface area contributed by atoms with E-state index in [0.29, 0.717) is 12.1 Å². The topological polar surface area (TPSA) is 118 Å². The lowest BCUT2D eigenvalue weighted by Crippen LogP contribution is -2.66. The highest BCUT2D eigenvalue weighted by Gasteiger charge is 2.52. The van der Waals surface area contributed by atoms with E-state index in [2.05, 4.69) is 10.6 Å². The van der Waals surface area contributed by atoms with E-state index in [4.69, 9.17) is 39.2 Å². The van der Waals surface area contributed by atoms with Gasteiger partial charge in [-0.05, 0) is 32.9 Å². The third-order valence-electron chi connectivity index (χ3n) is 4.13. The summed E-state index contributed by atoms with van der Waals surface area (Å²) in [6, 6.07) is 1.21. The van der Waals surface area contributed by atoms with Gasteiger partial charge >= 0.3 is 18.1 Å². The van der Waals surface area contributed by atoms with Crippen LogP contribution in [0.15, 0.2) is 28.4 Å². The van der Waals surface area contributed by atoms with Crippen LogP contribution >= 0.6 is 23.2 Å². The molecule has 0 bridgehead atoms. The third-order valence-corrected chi connectivity index (χ3v) is 5.63. The maximum atomic E-state index is 13.1. The molecule has 0 aliphatic carbocycles. The summed E-state index contributed by atoms with van der Waals surface area (Å²) in [6.07, 6.45) is -2.29. The summed E-state index contributed by atoms with van der Waals surface area (Å²) < 4.78 is 50.3. The Labute approximate surface area is 188 Å². The van der Waals surface area contributed by atoms with Crippen LogP contribution in [0.25, 0.3) is 0 Å². The molecule has 0 spiro atoms. The van der Waals surface area contributed by atoms with Crippen molar-refractivity contribution >= 4 is 57.5 Å². The Kier molecular flexibility index (Phi) is 6.82.